The predicted molar refractivity (Wildman–Crippen MR) is 112 cm³/mol. The largest absolute Gasteiger partial charge is 0.493 e. The molecule has 0 saturated heterocycles. The van der Waals surface area contributed by atoms with Crippen molar-refractivity contribution in [2.24, 2.45) is 0 Å². The summed E-state index contributed by atoms with van der Waals surface area (Å²) in [5.74, 6) is 0.0384. The van der Waals surface area contributed by atoms with Crippen LogP contribution in [0.4, 0.5) is 0 Å². The van der Waals surface area contributed by atoms with Crippen molar-refractivity contribution in [2.45, 2.75) is 38.0 Å². The highest BCUT2D eigenvalue weighted by molar-refractivity contribution is 5.88. The molecule has 4 heteroatoms. The van der Waals surface area contributed by atoms with Gasteiger partial charge in [0, 0.05) is 18.1 Å². The second-order valence-corrected chi connectivity index (χ2v) is 7.43. The Morgan fingerprint density at radius 3 is 2.57 bits per heavy atom. The second kappa shape index (κ2) is 9.07. The highest BCUT2D eigenvalue weighted by atomic mass is 16.5. The van der Waals surface area contributed by atoms with E-state index >= 15 is 0 Å². The minimum Gasteiger partial charge on any atom is -0.493 e. The summed E-state index contributed by atoms with van der Waals surface area (Å²) >= 11 is 0. The number of fused-ring (bicyclic) bond motifs is 1. The van der Waals surface area contributed by atoms with Crippen LogP contribution in [-0.2, 0) is 10.2 Å². The zero-order valence-corrected chi connectivity index (χ0v) is 16.6. The minimum absolute atomic E-state index is 0.0181. The molecule has 2 aromatic rings. The first-order valence-electron chi connectivity index (χ1n) is 9.86. The number of aromatic carboxylic acids is 1. The van der Waals surface area contributed by atoms with Gasteiger partial charge in [-0.15, -0.1) is 0 Å². The fourth-order valence-electron chi connectivity index (χ4n) is 4.09. The first kappa shape index (κ1) is 20.2. The Bertz CT molecular complexity index is 830. The molecular weight excluding hydrogens is 352 g/mol. The molecule has 0 radical (unpaired) electrons. The van der Waals surface area contributed by atoms with Crippen molar-refractivity contribution in [3.8, 4) is 5.75 Å². The van der Waals surface area contributed by atoms with Crippen molar-refractivity contribution in [1.82, 2.24) is 0 Å². The van der Waals surface area contributed by atoms with E-state index in [9.17, 15) is 4.79 Å². The van der Waals surface area contributed by atoms with Crippen molar-refractivity contribution in [1.29, 1.82) is 0 Å². The molecule has 1 unspecified atom stereocenters. The van der Waals surface area contributed by atoms with Gasteiger partial charge in [0.15, 0.2) is 0 Å². The molecule has 1 heterocycles. The maximum atomic E-state index is 11.0. The third-order valence-corrected chi connectivity index (χ3v) is 5.41. The zero-order valence-electron chi connectivity index (χ0n) is 16.6. The molecule has 2 aromatic carbocycles. The van der Waals surface area contributed by atoms with Gasteiger partial charge in [0.2, 0.25) is 0 Å². The van der Waals surface area contributed by atoms with Crippen molar-refractivity contribution in [2.75, 3.05) is 20.3 Å². The summed E-state index contributed by atoms with van der Waals surface area (Å²) in [5.41, 5.74) is 3.58. The Labute approximate surface area is 166 Å². The van der Waals surface area contributed by atoms with Gasteiger partial charge in [0.05, 0.1) is 18.8 Å². The fraction of sp³-hybridized carbons (Fsp3) is 0.375. The molecule has 1 atom stereocenters. The van der Waals surface area contributed by atoms with E-state index in [0.717, 1.165) is 49.2 Å². The molecule has 0 fully saturated rings. The van der Waals surface area contributed by atoms with Gasteiger partial charge in [-0.25, -0.2) is 4.79 Å². The van der Waals surface area contributed by atoms with Crippen LogP contribution in [0.25, 0.3) is 12.2 Å². The summed E-state index contributed by atoms with van der Waals surface area (Å²) in [7, 11) is 1.77. The van der Waals surface area contributed by atoms with Gasteiger partial charge >= 0.3 is 5.97 Å². The first-order valence-corrected chi connectivity index (χ1v) is 9.86. The minimum atomic E-state index is -0.912. The van der Waals surface area contributed by atoms with Crippen LogP contribution in [0.5, 0.6) is 5.75 Å². The van der Waals surface area contributed by atoms with E-state index in [1.165, 1.54) is 5.56 Å². The van der Waals surface area contributed by atoms with Crippen molar-refractivity contribution < 1.29 is 19.4 Å². The molecule has 1 aliphatic heterocycles. The van der Waals surface area contributed by atoms with E-state index in [1.807, 2.05) is 24.3 Å². The molecule has 1 N–H and O–H groups in total. The van der Waals surface area contributed by atoms with Crippen molar-refractivity contribution in [3.63, 3.8) is 0 Å². The predicted octanol–water partition coefficient (Wildman–Crippen LogP) is 5.41. The molecule has 3 rings (SSSR count). The van der Waals surface area contributed by atoms with Crippen LogP contribution in [0, 0.1) is 0 Å². The lowest BCUT2D eigenvalue weighted by atomic mass is 9.74. The number of ether oxygens (including phenoxy) is 2. The Balaban J connectivity index is 1.87. The van der Waals surface area contributed by atoms with Crippen LogP contribution in [0.2, 0.25) is 0 Å². The smallest absolute Gasteiger partial charge is 0.335 e. The number of benzene rings is 2. The topological polar surface area (TPSA) is 55.8 Å². The standard InChI is InChI=1S/C24H28O4/c1-3-13-24(17-27-2)14-4-15-28-22-16-19(9-12-21(22)24)6-5-18-7-10-20(11-8-18)23(25)26/h5-12,16H,3-4,13-15,17H2,1-2H3,(H,25,26). The van der Waals surface area contributed by atoms with Gasteiger partial charge in [-0.1, -0.05) is 49.8 Å². The Morgan fingerprint density at radius 1 is 1.18 bits per heavy atom. The maximum absolute atomic E-state index is 11.0. The van der Waals surface area contributed by atoms with Crippen LogP contribution >= 0.6 is 0 Å². The summed E-state index contributed by atoms with van der Waals surface area (Å²) in [6, 6.07) is 13.3. The molecule has 0 amide bonds. The van der Waals surface area contributed by atoms with E-state index in [1.54, 1.807) is 19.2 Å². The number of methoxy groups -OCH3 is 1. The van der Waals surface area contributed by atoms with E-state index < -0.39 is 5.97 Å². The van der Waals surface area contributed by atoms with Gasteiger partial charge in [-0.2, -0.15) is 0 Å². The Kier molecular flexibility index (Phi) is 6.53. The molecule has 0 spiro atoms. The van der Waals surface area contributed by atoms with Gasteiger partial charge < -0.3 is 14.6 Å². The number of hydrogen-bond acceptors (Lipinski definition) is 3. The van der Waals surface area contributed by atoms with Crippen LogP contribution in [0.1, 0.15) is 59.7 Å². The second-order valence-electron chi connectivity index (χ2n) is 7.43. The summed E-state index contributed by atoms with van der Waals surface area (Å²) in [5, 5.41) is 9.00. The van der Waals surface area contributed by atoms with Crippen LogP contribution < -0.4 is 4.74 Å². The van der Waals surface area contributed by atoms with Crippen LogP contribution in [0.3, 0.4) is 0 Å². The Morgan fingerprint density at radius 2 is 1.89 bits per heavy atom. The fourth-order valence-corrected chi connectivity index (χ4v) is 4.09. The first-order chi connectivity index (χ1) is 13.6. The summed E-state index contributed by atoms with van der Waals surface area (Å²) in [4.78, 5) is 11.0. The van der Waals surface area contributed by atoms with Gasteiger partial charge in [-0.05, 0) is 48.6 Å². The van der Waals surface area contributed by atoms with E-state index in [2.05, 4.69) is 25.1 Å². The third kappa shape index (κ3) is 4.45. The lowest BCUT2D eigenvalue weighted by Crippen LogP contribution is -2.31. The molecule has 28 heavy (non-hydrogen) atoms. The highest BCUT2D eigenvalue weighted by Gasteiger charge is 2.35. The SMILES string of the molecule is CCCC1(COC)CCCOc2cc(C=Cc3ccc(C(=O)O)cc3)ccc21. The summed E-state index contributed by atoms with van der Waals surface area (Å²) in [6.45, 7) is 3.66. The molecule has 0 aromatic heterocycles. The van der Waals surface area contributed by atoms with E-state index in [-0.39, 0.29) is 5.41 Å². The Hall–Kier alpha value is -2.59. The summed E-state index contributed by atoms with van der Waals surface area (Å²) in [6.07, 6.45) is 8.31. The van der Waals surface area contributed by atoms with Crippen LogP contribution in [0.15, 0.2) is 42.5 Å². The monoisotopic (exact) mass is 380 g/mol. The molecule has 4 nitrogen and oxygen atoms in total. The number of rotatable bonds is 7. The molecule has 148 valence electrons. The summed E-state index contributed by atoms with van der Waals surface area (Å²) < 4.78 is 11.7. The molecular formula is C24H28O4. The number of carboxylic acids is 1. The third-order valence-electron chi connectivity index (χ3n) is 5.41. The zero-order chi connectivity index (χ0) is 20.0. The van der Waals surface area contributed by atoms with Gasteiger partial charge in [-0.3, -0.25) is 0 Å². The van der Waals surface area contributed by atoms with Gasteiger partial charge in [0.1, 0.15) is 5.75 Å². The normalized spacial score (nSPS) is 19.1. The molecule has 0 saturated carbocycles. The molecule has 0 aliphatic carbocycles. The number of carbonyl (C=O) groups is 1. The lowest BCUT2D eigenvalue weighted by Gasteiger charge is -2.33. The average molecular weight is 380 g/mol. The molecule has 1 aliphatic rings. The van der Waals surface area contributed by atoms with Crippen molar-refractivity contribution in [3.05, 3.63) is 64.7 Å². The molecule has 0 bridgehead atoms. The lowest BCUT2D eigenvalue weighted by molar-refractivity contribution is 0.0697. The number of hydrogen-bond donors (Lipinski definition) is 1. The van der Waals surface area contributed by atoms with Gasteiger partial charge in [0.25, 0.3) is 0 Å². The average Bonchev–Trinajstić information content (AvgIpc) is 2.87. The highest BCUT2D eigenvalue weighted by Crippen LogP contribution is 2.42. The number of carboxylic acid groups (broad SMARTS) is 1. The van der Waals surface area contributed by atoms with Crippen LogP contribution in [-0.4, -0.2) is 31.4 Å². The van der Waals surface area contributed by atoms with E-state index in [4.69, 9.17) is 14.6 Å². The quantitative estimate of drug-likeness (QED) is 0.652. The van der Waals surface area contributed by atoms with E-state index in [0.29, 0.717) is 12.2 Å². The maximum Gasteiger partial charge on any atom is 0.335 e. The van der Waals surface area contributed by atoms with Crippen molar-refractivity contribution >= 4 is 18.1 Å².